The highest BCUT2D eigenvalue weighted by atomic mass is 16.5. The molecule has 1 unspecified atom stereocenters. The number of aliphatic hydroxyl groups is 1. The van der Waals surface area contributed by atoms with Gasteiger partial charge in [0.05, 0.1) is 5.69 Å². The third-order valence-corrected chi connectivity index (χ3v) is 4.33. The lowest BCUT2D eigenvalue weighted by Gasteiger charge is -2.28. The Balaban J connectivity index is 1.68. The number of rotatable bonds is 12. The molecule has 1 aromatic carbocycles. The zero-order valence-electron chi connectivity index (χ0n) is 18.6. The van der Waals surface area contributed by atoms with Crippen LogP contribution in [-0.4, -0.2) is 52.4 Å². The first-order valence-corrected chi connectivity index (χ1v) is 10.2. The molecule has 164 valence electrons. The van der Waals surface area contributed by atoms with E-state index in [4.69, 9.17) is 4.74 Å². The molecule has 0 spiro atoms. The molecular weight excluding hydrogens is 380 g/mol. The number of para-hydroxylation sites is 1. The van der Waals surface area contributed by atoms with E-state index >= 15 is 0 Å². The number of aromatic nitrogens is 2. The third-order valence-electron chi connectivity index (χ3n) is 4.33. The number of aliphatic hydroxyl groups excluding tert-OH is 1. The molecule has 1 heterocycles. The zero-order valence-corrected chi connectivity index (χ0v) is 18.6. The highest BCUT2D eigenvalue weighted by molar-refractivity contribution is 5.79. The zero-order chi connectivity index (χ0) is 22.0. The number of hydrazone groups is 1. The van der Waals surface area contributed by atoms with Crippen LogP contribution in [-0.2, 0) is 6.54 Å². The number of ether oxygens (including phenoxy) is 1. The van der Waals surface area contributed by atoms with Gasteiger partial charge in [-0.2, -0.15) is 10.2 Å². The maximum Gasteiger partial charge on any atom is 0.168 e. The molecule has 0 saturated heterocycles. The van der Waals surface area contributed by atoms with Crippen LogP contribution in [0.4, 0.5) is 5.82 Å². The van der Waals surface area contributed by atoms with E-state index < -0.39 is 6.10 Å². The largest absolute Gasteiger partial charge is 0.491 e. The van der Waals surface area contributed by atoms with E-state index in [1.54, 1.807) is 0 Å². The van der Waals surface area contributed by atoms with Gasteiger partial charge >= 0.3 is 0 Å². The summed E-state index contributed by atoms with van der Waals surface area (Å²) in [5.74, 6) is 1.42. The van der Waals surface area contributed by atoms with Crippen LogP contribution in [0, 0.1) is 6.92 Å². The predicted molar refractivity (Wildman–Crippen MR) is 121 cm³/mol. The van der Waals surface area contributed by atoms with E-state index in [9.17, 15) is 5.11 Å². The number of nitrogens with zero attached hydrogens (tertiary/aromatic N) is 3. The molecular formula is C22H34N6O2. The molecule has 0 radical (unpaired) electrons. The van der Waals surface area contributed by atoms with Crippen LogP contribution in [0.15, 0.2) is 41.5 Å². The van der Waals surface area contributed by atoms with Gasteiger partial charge in [-0.3, -0.25) is 5.43 Å². The summed E-state index contributed by atoms with van der Waals surface area (Å²) < 4.78 is 5.71. The average molecular weight is 415 g/mol. The molecule has 1 atom stereocenters. The van der Waals surface area contributed by atoms with Crippen LogP contribution in [0.25, 0.3) is 0 Å². The normalized spacial score (nSPS) is 12.3. The monoisotopic (exact) mass is 414 g/mol. The van der Waals surface area contributed by atoms with Gasteiger partial charge in [0.2, 0.25) is 0 Å². The van der Waals surface area contributed by atoms with Crippen molar-refractivity contribution in [2.45, 2.75) is 52.8 Å². The molecule has 30 heavy (non-hydrogen) atoms. The summed E-state index contributed by atoms with van der Waals surface area (Å²) in [5, 5.41) is 29.4. The van der Waals surface area contributed by atoms with Crippen molar-refractivity contribution in [2.75, 3.05) is 25.1 Å². The van der Waals surface area contributed by atoms with Gasteiger partial charge in [-0.1, -0.05) is 18.2 Å². The van der Waals surface area contributed by atoms with Crippen molar-refractivity contribution in [1.82, 2.24) is 20.8 Å². The highest BCUT2D eigenvalue weighted by Crippen LogP contribution is 2.16. The summed E-state index contributed by atoms with van der Waals surface area (Å²) in [4.78, 5) is 0. The van der Waals surface area contributed by atoms with Gasteiger partial charge in [0, 0.05) is 30.9 Å². The van der Waals surface area contributed by atoms with Crippen LogP contribution in [0.1, 0.15) is 39.0 Å². The van der Waals surface area contributed by atoms with Crippen LogP contribution >= 0.6 is 0 Å². The van der Waals surface area contributed by atoms with Gasteiger partial charge in [-0.25, -0.2) is 0 Å². The fraction of sp³-hybridized carbons (Fsp3) is 0.500. The Bertz CT molecular complexity index is 804. The third kappa shape index (κ3) is 8.86. The fourth-order valence-electron chi connectivity index (χ4n) is 2.61. The molecule has 0 aliphatic carbocycles. The maximum absolute atomic E-state index is 10.2. The SMILES string of the molecule is CC(C)=NNc1ccc(CNCC(C)(C)NCC(O)COc2ccccc2C)nn1. The van der Waals surface area contributed by atoms with Crippen LogP contribution < -0.4 is 20.8 Å². The first-order valence-electron chi connectivity index (χ1n) is 10.2. The summed E-state index contributed by atoms with van der Waals surface area (Å²) in [6.45, 7) is 12.0. The molecule has 0 saturated carbocycles. The molecule has 2 rings (SSSR count). The second-order valence-electron chi connectivity index (χ2n) is 8.18. The minimum Gasteiger partial charge on any atom is -0.491 e. The molecule has 4 N–H and O–H groups in total. The van der Waals surface area contributed by atoms with Crippen molar-refractivity contribution in [3.63, 3.8) is 0 Å². The summed E-state index contributed by atoms with van der Waals surface area (Å²) in [5.41, 5.74) is 5.48. The highest BCUT2D eigenvalue weighted by Gasteiger charge is 2.18. The Labute approximate surface area is 179 Å². The summed E-state index contributed by atoms with van der Waals surface area (Å²) in [7, 11) is 0. The Morgan fingerprint density at radius 3 is 2.60 bits per heavy atom. The van der Waals surface area contributed by atoms with Gasteiger partial charge in [-0.15, -0.1) is 5.10 Å². The topological polar surface area (TPSA) is 104 Å². The lowest BCUT2D eigenvalue weighted by molar-refractivity contribution is 0.0984. The van der Waals surface area contributed by atoms with Gasteiger partial charge in [-0.05, 0) is 58.4 Å². The van der Waals surface area contributed by atoms with E-state index in [2.05, 4.69) is 45.2 Å². The predicted octanol–water partition coefficient (Wildman–Crippen LogP) is 2.49. The fourth-order valence-corrected chi connectivity index (χ4v) is 2.61. The van der Waals surface area contributed by atoms with Crippen molar-refractivity contribution in [2.24, 2.45) is 5.10 Å². The van der Waals surface area contributed by atoms with Crippen LogP contribution in [0.3, 0.4) is 0 Å². The van der Waals surface area contributed by atoms with Crippen molar-refractivity contribution >= 4 is 11.5 Å². The molecule has 2 aromatic rings. The Hall–Kier alpha value is -2.55. The molecule has 0 aliphatic heterocycles. The minimum absolute atomic E-state index is 0.202. The lowest BCUT2D eigenvalue weighted by atomic mass is 10.1. The van der Waals surface area contributed by atoms with Gasteiger partial charge in [0.1, 0.15) is 18.5 Å². The van der Waals surface area contributed by atoms with E-state index in [1.165, 1.54) is 0 Å². The second kappa shape index (κ2) is 11.6. The number of nitrogens with one attached hydrogen (secondary N) is 3. The number of benzene rings is 1. The first-order chi connectivity index (χ1) is 14.2. The lowest BCUT2D eigenvalue weighted by Crippen LogP contribution is -2.50. The van der Waals surface area contributed by atoms with Crippen LogP contribution in [0.2, 0.25) is 0 Å². The molecule has 1 aromatic heterocycles. The summed E-state index contributed by atoms with van der Waals surface area (Å²) >= 11 is 0. The molecule has 0 aliphatic rings. The molecule has 0 bridgehead atoms. The van der Waals surface area contributed by atoms with E-state index in [-0.39, 0.29) is 12.1 Å². The van der Waals surface area contributed by atoms with Crippen molar-refractivity contribution in [3.05, 3.63) is 47.7 Å². The Morgan fingerprint density at radius 1 is 1.17 bits per heavy atom. The smallest absolute Gasteiger partial charge is 0.168 e. The Morgan fingerprint density at radius 2 is 1.93 bits per heavy atom. The van der Waals surface area contributed by atoms with Gasteiger partial charge < -0.3 is 20.5 Å². The minimum atomic E-state index is -0.593. The number of aryl methyl sites for hydroxylation is 1. The van der Waals surface area contributed by atoms with Crippen molar-refractivity contribution in [1.29, 1.82) is 0 Å². The summed E-state index contributed by atoms with van der Waals surface area (Å²) in [6, 6.07) is 11.6. The van der Waals surface area contributed by atoms with Gasteiger partial charge in [0.25, 0.3) is 0 Å². The quantitative estimate of drug-likeness (QED) is 0.312. The first kappa shape index (κ1) is 23.7. The second-order valence-corrected chi connectivity index (χ2v) is 8.18. The molecule has 0 fully saturated rings. The molecule has 8 heteroatoms. The Kier molecular flexibility index (Phi) is 9.16. The van der Waals surface area contributed by atoms with Crippen molar-refractivity contribution < 1.29 is 9.84 Å². The number of hydrogen-bond acceptors (Lipinski definition) is 8. The number of β-amino-alcohol motifs (C(OH)–C–C–N with tert-alkyl or cyclic N) is 1. The molecule has 8 nitrogen and oxygen atoms in total. The molecule has 0 amide bonds. The van der Waals surface area contributed by atoms with Gasteiger partial charge in [0.15, 0.2) is 5.82 Å². The van der Waals surface area contributed by atoms with E-state index in [1.807, 2.05) is 57.2 Å². The van der Waals surface area contributed by atoms with E-state index in [0.29, 0.717) is 25.5 Å². The number of hydrogen-bond donors (Lipinski definition) is 4. The average Bonchev–Trinajstić information content (AvgIpc) is 2.71. The summed E-state index contributed by atoms with van der Waals surface area (Å²) in [6.07, 6.45) is -0.593. The number of anilines is 1. The standard InChI is InChI=1S/C22H34N6O2/c1-16(2)25-27-21-11-10-18(26-28-21)12-23-15-22(4,5)24-13-19(29)14-30-20-9-7-6-8-17(20)3/h6-11,19,23-24,29H,12-15H2,1-5H3,(H,27,28). The van der Waals surface area contributed by atoms with E-state index in [0.717, 1.165) is 22.7 Å². The maximum atomic E-state index is 10.2. The van der Waals surface area contributed by atoms with Crippen molar-refractivity contribution in [3.8, 4) is 5.75 Å². The van der Waals surface area contributed by atoms with Crippen LogP contribution in [0.5, 0.6) is 5.75 Å².